The van der Waals surface area contributed by atoms with Gasteiger partial charge in [-0.25, -0.2) is 4.98 Å². The Morgan fingerprint density at radius 1 is 1.34 bits per heavy atom. The standard InChI is InChI=1S/C21H23ClN4O3/c22-17-5-3-14(4-6-17)12-26-18-8-16(10-23-20(18)24-11-19(26)27)21(28)25-9-15-2-1-7-29-13-15/h3-6,8,10,15H,1-2,7,9,11-13H2,(H,23,24)(H,25,28). The fraction of sp³-hybridized carbons (Fsp3) is 0.381. The summed E-state index contributed by atoms with van der Waals surface area (Å²) < 4.78 is 5.46. The Bertz CT molecular complexity index is 897. The predicted octanol–water partition coefficient (Wildman–Crippen LogP) is 2.85. The Balaban J connectivity index is 1.50. The third-order valence-electron chi connectivity index (χ3n) is 5.19. The summed E-state index contributed by atoms with van der Waals surface area (Å²) in [4.78, 5) is 31.2. The van der Waals surface area contributed by atoms with Crippen LogP contribution in [-0.4, -0.2) is 43.1 Å². The van der Waals surface area contributed by atoms with Gasteiger partial charge in [-0.15, -0.1) is 0 Å². The zero-order valence-corrected chi connectivity index (χ0v) is 16.7. The molecule has 152 valence electrons. The molecule has 2 aromatic rings. The van der Waals surface area contributed by atoms with Crippen molar-refractivity contribution in [1.29, 1.82) is 0 Å². The molecule has 7 nitrogen and oxygen atoms in total. The predicted molar refractivity (Wildman–Crippen MR) is 111 cm³/mol. The Kier molecular flexibility index (Phi) is 5.97. The van der Waals surface area contributed by atoms with Crippen molar-refractivity contribution in [3.63, 3.8) is 0 Å². The molecule has 1 aromatic carbocycles. The van der Waals surface area contributed by atoms with Gasteiger partial charge in [0, 0.05) is 24.4 Å². The van der Waals surface area contributed by atoms with E-state index in [1.807, 2.05) is 12.1 Å². The van der Waals surface area contributed by atoms with Crippen molar-refractivity contribution in [3.8, 4) is 0 Å². The molecule has 2 aliphatic rings. The Morgan fingerprint density at radius 2 is 2.17 bits per heavy atom. The van der Waals surface area contributed by atoms with Crippen LogP contribution in [0, 0.1) is 5.92 Å². The molecule has 1 fully saturated rings. The number of anilines is 2. The normalized spacial score (nSPS) is 18.7. The molecule has 2 aliphatic heterocycles. The molecular weight excluding hydrogens is 392 g/mol. The molecule has 0 aliphatic carbocycles. The van der Waals surface area contributed by atoms with E-state index < -0.39 is 0 Å². The zero-order valence-electron chi connectivity index (χ0n) is 16.0. The van der Waals surface area contributed by atoms with Crippen molar-refractivity contribution < 1.29 is 14.3 Å². The number of hydrogen-bond donors (Lipinski definition) is 2. The highest BCUT2D eigenvalue weighted by atomic mass is 35.5. The number of fused-ring (bicyclic) bond motifs is 1. The third-order valence-corrected chi connectivity index (χ3v) is 5.44. The molecule has 29 heavy (non-hydrogen) atoms. The van der Waals surface area contributed by atoms with Crippen molar-refractivity contribution in [2.45, 2.75) is 19.4 Å². The van der Waals surface area contributed by atoms with Crippen LogP contribution in [-0.2, 0) is 16.1 Å². The van der Waals surface area contributed by atoms with Crippen molar-refractivity contribution in [1.82, 2.24) is 10.3 Å². The number of carbonyl (C=O) groups excluding carboxylic acids is 2. The van der Waals surface area contributed by atoms with E-state index in [1.54, 1.807) is 23.1 Å². The maximum atomic E-state index is 12.6. The second-order valence-corrected chi connectivity index (χ2v) is 7.78. The molecule has 1 saturated heterocycles. The number of halogens is 1. The fourth-order valence-electron chi connectivity index (χ4n) is 3.56. The van der Waals surface area contributed by atoms with Crippen LogP contribution >= 0.6 is 11.6 Å². The summed E-state index contributed by atoms with van der Waals surface area (Å²) in [5.74, 6) is 0.653. The zero-order chi connectivity index (χ0) is 20.2. The van der Waals surface area contributed by atoms with E-state index in [2.05, 4.69) is 15.6 Å². The molecule has 2 amide bonds. The Labute approximate surface area is 174 Å². The lowest BCUT2D eigenvalue weighted by Crippen LogP contribution is -2.40. The van der Waals surface area contributed by atoms with Gasteiger partial charge in [0.2, 0.25) is 5.91 Å². The SMILES string of the molecule is O=C(NCC1CCCOC1)c1cnc2c(c1)N(Cc1ccc(Cl)cc1)C(=O)CN2. The summed E-state index contributed by atoms with van der Waals surface area (Å²) in [6.45, 7) is 2.60. The fourth-order valence-corrected chi connectivity index (χ4v) is 3.69. The number of benzene rings is 1. The highest BCUT2D eigenvalue weighted by molar-refractivity contribution is 6.30. The number of nitrogens with one attached hydrogen (secondary N) is 2. The smallest absolute Gasteiger partial charge is 0.252 e. The third kappa shape index (κ3) is 4.68. The van der Waals surface area contributed by atoms with Gasteiger partial charge in [-0.2, -0.15) is 0 Å². The summed E-state index contributed by atoms with van der Waals surface area (Å²) in [7, 11) is 0. The van der Waals surface area contributed by atoms with Crippen LogP contribution in [0.5, 0.6) is 0 Å². The van der Waals surface area contributed by atoms with E-state index in [9.17, 15) is 9.59 Å². The maximum Gasteiger partial charge on any atom is 0.252 e. The highest BCUT2D eigenvalue weighted by Gasteiger charge is 2.26. The summed E-state index contributed by atoms with van der Waals surface area (Å²) >= 11 is 5.95. The largest absolute Gasteiger partial charge is 0.381 e. The summed E-state index contributed by atoms with van der Waals surface area (Å²) in [6.07, 6.45) is 3.61. The van der Waals surface area contributed by atoms with E-state index in [-0.39, 0.29) is 18.4 Å². The van der Waals surface area contributed by atoms with E-state index >= 15 is 0 Å². The van der Waals surface area contributed by atoms with Gasteiger partial charge in [0.1, 0.15) is 0 Å². The molecule has 0 spiro atoms. The molecular formula is C21H23ClN4O3. The van der Waals surface area contributed by atoms with E-state index in [4.69, 9.17) is 16.3 Å². The molecule has 4 rings (SSSR count). The molecule has 3 heterocycles. The van der Waals surface area contributed by atoms with Crippen LogP contribution in [0.2, 0.25) is 5.02 Å². The minimum absolute atomic E-state index is 0.0776. The van der Waals surface area contributed by atoms with Crippen molar-refractivity contribution in [3.05, 3.63) is 52.7 Å². The van der Waals surface area contributed by atoms with E-state index in [0.717, 1.165) is 25.0 Å². The first-order chi connectivity index (χ1) is 14.1. The first-order valence-corrected chi connectivity index (χ1v) is 10.1. The van der Waals surface area contributed by atoms with Crippen molar-refractivity contribution in [2.24, 2.45) is 5.92 Å². The van der Waals surface area contributed by atoms with Crippen molar-refractivity contribution in [2.75, 3.05) is 36.5 Å². The van der Waals surface area contributed by atoms with Gasteiger partial charge in [0.05, 0.1) is 30.9 Å². The number of aromatic nitrogens is 1. The second kappa shape index (κ2) is 8.80. The molecule has 1 aromatic heterocycles. The van der Waals surface area contributed by atoms with Crippen LogP contribution < -0.4 is 15.5 Å². The first-order valence-electron chi connectivity index (χ1n) is 9.75. The average molecular weight is 415 g/mol. The molecule has 0 saturated carbocycles. The summed E-state index contributed by atoms with van der Waals surface area (Å²) in [5.41, 5.74) is 1.98. The molecule has 8 heteroatoms. The summed E-state index contributed by atoms with van der Waals surface area (Å²) in [5, 5.41) is 6.62. The molecule has 2 N–H and O–H groups in total. The average Bonchev–Trinajstić information content (AvgIpc) is 2.76. The van der Waals surface area contributed by atoms with Gasteiger partial charge in [0.15, 0.2) is 5.82 Å². The number of pyridine rings is 1. The first kappa shape index (κ1) is 19.7. The minimum Gasteiger partial charge on any atom is -0.381 e. The summed E-state index contributed by atoms with van der Waals surface area (Å²) in [6, 6.07) is 9.07. The number of rotatable bonds is 5. The number of amides is 2. The van der Waals surface area contributed by atoms with Gasteiger partial charge >= 0.3 is 0 Å². The van der Waals surface area contributed by atoms with Crippen LogP contribution in [0.15, 0.2) is 36.5 Å². The maximum absolute atomic E-state index is 12.6. The second-order valence-electron chi connectivity index (χ2n) is 7.34. The van der Waals surface area contributed by atoms with Gasteiger partial charge in [-0.3, -0.25) is 9.59 Å². The topological polar surface area (TPSA) is 83.6 Å². The van der Waals surface area contributed by atoms with Crippen LogP contribution in [0.1, 0.15) is 28.8 Å². The molecule has 1 unspecified atom stereocenters. The number of carbonyl (C=O) groups is 2. The van der Waals surface area contributed by atoms with Gasteiger partial charge in [-0.1, -0.05) is 23.7 Å². The quantitative estimate of drug-likeness (QED) is 0.786. The van der Waals surface area contributed by atoms with Crippen molar-refractivity contribution >= 4 is 34.9 Å². The Hall–Kier alpha value is -2.64. The van der Waals surface area contributed by atoms with Gasteiger partial charge in [-0.05, 0) is 42.5 Å². The number of ether oxygens (including phenoxy) is 1. The molecule has 0 bridgehead atoms. The molecule has 0 radical (unpaired) electrons. The minimum atomic E-state index is -0.199. The Morgan fingerprint density at radius 3 is 2.93 bits per heavy atom. The van der Waals surface area contributed by atoms with Crippen LogP contribution in [0.4, 0.5) is 11.5 Å². The van der Waals surface area contributed by atoms with E-state index in [1.165, 1.54) is 6.20 Å². The van der Waals surface area contributed by atoms with Gasteiger partial charge in [0.25, 0.3) is 5.91 Å². The highest BCUT2D eigenvalue weighted by Crippen LogP contribution is 2.30. The monoisotopic (exact) mass is 414 g/mol. The number of hydrogen-bond acceptors (Lipinski definition) is 5. The van der Waals surface area contributed by atoms with Gasteiger partial charge < -0.3 is 20.3 Å². The number of nitrogens with zero attached hydrogens (tertiary/aromatic N) is 2. The van der Waals surface area contributed by atoms with Crippen LogP contribution in [0.25, 0.3) is 0 Å². The lowest BCUT2D eigenvalue weighted by atomic mass is 10.0. The van der Waals surface area contributed by atoms with Crippen LogP contribution in [0.3, 0.4) is 0 Å². The lowest BCUT2D eigenvalue weighted by molar-refractivity contribution is -0.117. The molecule has 1 atom stereocenters. The van der Waals surface area contributed by atoms with E-state index in [0.29, 0.717) is 47.7 Å². The lowest BCUT2D eigenvalue weighted by Gasteiger charge is -2.30.